The molecule has 0 aliphatic carbocycles. The first kappa shape index (κ1) is 27.1. The second kappa shape index (κ2) is 10.4. The number of imide groups is 1. The van der Waals surface area contributed by atoms with Crippen molar-refractivity contribution in [3.63, 3.8) is 0 Å². The first-order valence-electron chi connectivity index (χ1n) is 12.1. The fourth-order valence-electron chi connectivity index (χ4n) is 4.35. The van der Waals surface area contributed by atoms with Gasteiger partial charge in [-0.15, -0.1) is 0 Å². The number of fused-ring (bicyclic) bond motifs is 1. The van der Waals surface area contributed by atoms with Crippen LogP contribution in [0.2, 0.25) is 5.02 Å². The highest BCUT2D eigenvalue weighted by molar-refractivity contribution is 6.30. The number of benzene rings is 2. The van der Waals surface area contributed by atoms with Gasteiger partial charge >= 0.3 is 6.09 Å². The Morgan fingerprint density at radius 1 is 1.08 bits per heavy atom. The predicted molar refractivity (Wildman–Crippen MR) is 141 cm³/mol. The molecule has 0 spiro atoms. The minimum atomic E-state index is -0.766. The molecule has 10 nitrogen and oxygen atoms in total. The number of halogens is 1. The van der Waals surface area contributed by atoms with Crippen LogP contribution in [-0.4, -0.2) is 59.9 Å². The largest absolute Gasteiger partial charge is 0.443 e. The fraction of sp³-hybridized carbons (Fsp3) is 0.370. The van der Waals surface area contributed by atoms with Crippen LogP contribution >= 0.6 is 11.6 Å². The molecule has 1 saturated heterocycles. The van der Waals surface area contributed by atoms with Gasteiger partial charge in [-0.25, -0.2) is 4.79 Å². The van der Waals surface area contributed by atoms with Gasteiger partial charge in [-0.1, -0.05) is 11.6 Å². The van der Waals surface area contributed by atoms with Crippen molar-refractivity contribution in [2.24, 2.45) is 0 Å². The van der Waals surface area contributed by atoms with E-state index >= 15 is 0 Å². The zero-order chi connectivity index (χ0) is 27.8. The van der Waals surface area contributed by atoms with E-state index in [2.05, 4.69) is 5.32 Å². The summed E-state index contributed by atoms with van der Waals surface area (Å²) in [5, 5.41) is 2.77. The molecule has 0 saturated carbocycles. The van der Waals surface area contributed by atoms with Gasteiger partial charge in [0.2, 0.25) is 17.7 Å². The van der Waals surface area contributed by atoms with Gasteiger partial charge in [-0.05, 0) is 75.2 Å². The molecule has 0 radical (unpaired) electrons. The zero-order valence-electron chi connectivity index (χ0n) is 21.6. The average molecular weight is 541 g/mol. The molecule has 0 aromatic heterocycles. The normalized spacial score (nSPS) is 17.1. The number of ether oxygens (including phenoxy) is 1. The van der Waals surface area contributed by atoms with Gasteiger partial charge in [0.25, 0.3) is 5.91 Å². The van der Waals surface area contributed by atoms with Gasteiger partial charge in [-0.3, -0.25) is 29.4 Å². The number of nitrogens with one attached hydrogen (secondary N) is 1. The van der Waals surface area contributed by atoms with E-state index in [9.17, 15) is 24.0 Å². The van der Waals surface area contributed by atoms with Crippen LogP contribution < -0.4 is 15.1 Å². The van der Waals surface area contributed by atoms with Crippen molar-refractivity contribution < 1.29 is 28.7 Å². The first-order chi connectivity index (χ1) is 17.8. The topological polar surface area (TPSA) is 116 Å². The van der Waals surface area contributed by atoms with Gasteiger partial charge in [0.15, 0.2) is 0 Å². The molecule has 2 aliphatic rings. The molecule has 1 unspecified atom stereocenters. The number of hydrogen-bond donors (Lipinski definition) is 1. The van der Waals surface area contributed by atoms with E-state index in [1.807, 2.05) is 0 Å². The van der Waals surface area contributed by atoms with Crippen LogP contribution in [-0.2, 0) is 25.7 Å². The van der Waals surface area contributed by atoms with Gasteiger partial charge < -0.3 is 14.5 Å². The highest BCUT2D eigenvalue weighted by Gasteiger charge is 2.39. The number of nitrogens with zero attached hydrogens (tertiary/aromatic N) is 3. The summed E-state index contributed by atoms with van der Waals surface area (Å²) in [7, 11) is 1.58. The summed E-state index contributed by atoms with van der Waals surface area (Å²) in [5.74, 6) is -1.53. The number of carbonyl (C=O) groups excluding carboxylic acids is 5. The van der Waals surface area contributed by atoms with Gasteiger partial charge in [0.05, 0.1) is 0 Å². The third-order valence-corrected chi connectivity index (χ3v) is 6.57. The van der Waals surface area contributed by atoms with Gasteiger partial charge in [0.1, 0.15) is 18.2 Å². The summed E-state index contributed by atoms with van der Waals surface area (Å²) in [5.41, 5.74) is 1.31. The lowest BCUT2D eigenvalue weighted by molar-refractivity contribution is -0.137. The van der Waals surface area contributed by atoms with Crippen LogP contribution in [0.4, 0.5) is 16.2 Å². The van der Waals surface area contributed by atoms with Crippen LogP contribution in [0.3, 0.4) is 0 Å². The number of carbonyl (C=O) groups is 5. The highest BCUT2D eigenvalue weighted by atomic mass is 35.5. The van der Waals surface area contributed by atoms with Crippen LogP contribution in [0.15, 0.2) is 42.5 Å². The lowest BCUT2D eigenvalue weighted by Crippen LogP contribution is -2.52. The highest BCUT2D eigenvalue weighted by Crippen LogP contribution is 2.30. The molecular weight excluding hydrogens is 512 g/mol. The molecule has 0 bridgehead atoms. The molecule has 5 amide bonds. The fourth-order valence-corrected chi connectivity index (χ4v) is 4.48. The van der Waals surface area contributed by atoms with E-state index in [0.29, 0.717) is 27.5 Å². The Labute approximate surface area is 225 Å². The minimum absolute atomic E-state index is 0.167. The van der Waals surface area contributed by atoms with Crippen LogP contribution in [0.1, 0.15) is 49.5 Å². The van der Waals surface area contributed by atoms with Crippen molar-refractivity contribution in [3.05, 3.63) is 58.6 Å². The van der Waals surface area contributed by atoms with E-state index in [1.54, 1.807) is 70.3 Å². The molecule has 2 aliphatic heterocycles. The second-order valence-electron chi connectivity index (χ2n) is 10.2. The number of rotatable bonds is 5. The maximum absolute atomic E-state index is 13.3. The molecule has 1 atom stereocenters. The molecule has 38 heavy (non-hydrogen) atoms. The average Bonchev–Trinajstić information content (AvgIpc) is 3.16. The maximum Gasteiger partial charge on any atom is 0.415 e. The third kappa shape index (κ3) is 5.80. The lowest BCUT2D eigenvalue weighted by atomic mass is 10.0. The standard InChI is InChI=1S/C27H29ClN4O6/c1-27(2,3)38-26(37)31(18-7-5-17(28)6-8-18)15-23(34)30(4)19-9-10-20-16(13-19)14-32(25(20)36)21-11-12-22(33)29-24(21)35/h5-10,13,21H,11-12,14-15H2,1-4H3,(H,29,33,35). The number of anilines is 2. The summed E-state index contributed by atoms with van der Waals surface area (Å²) in [6, 6.07) is 10.8. The Bertz CT molecular complexity index is 1300. The molecular formula is C27H29ClN4O6. The summed E-state index contributed by atoms with van der Waals surface area (Å²) in [4.78, 5) is 67.1. The monoisotopic (exact) mass is 540 g/mol. The third-order valence-electron chi connectivity index (χ3n) is 6.31. The predicted octanol–water partition coefficient (Wildman–Crippen LogP) is 3.51. The summed E-state index contributed by atoms with van der Waals surface area (Å²) in [6.07, 6.45) is -0.247. The van der Waals surface area contributed by atoms with Crippen LogP contribution in [0, 0.1) is 0 Å². The lowest BCUT2D eigenvalue weighted by Gasteiger charge is -2.29. The SMILES string of the molecule is CN(C(=O)CN(C(=O)OC(C)(C)C)c1ccc(Cl)cc1)c1ccc2c(c1)CN(C1CCC(=O)NC1=O)C2=O. The Kier molecular flexibility index (Phi) is 7.46. The van der Waals surface area contributed by atoms with E-state index in [1.165, 1.54) is 14.7 Å². The first-order valence-corrected chi connectivity index (χ1v) is 12.5. The van der Waals surface area contributed by atoms with Crippen molar-refractivity contribution in [1.82, 2.24) is 10.2 Å². The number of likely N-dealkylation sites (N-methyl/N-ethyl adjacent to an activating group) is 1. The summed E-state index contributed by atoms with van der Waals surface area (Å²) in [6.45, 7) is 5.10. The molecule has 4 rings (SSSR count). The molecule has 2 aromatic carbocycles. The van der Waals surface area contributed by atoms with Crippen molar-refractivity contribution in [1.29, 1.82) is 0 Å². The second-order valence-corrected chi connectivity index (χ2v) is 10.7. The Morgan fingerprint density at radius 2 is 1.74 bits per heavy atom. The summed E-state index contributed by atoms with van der Waals surface area (Å²) < 4.78 is 5.51. The molecule has 1 N–H and O–H groups in total. The quantitative estimate of drug-likeness (QED) is 0.580. The maximum atomic E-state index is 13.3. The number of piperidine rings is 1. The Hall–Kier alpha value is -3.92. The van der Waals surface area contributed by atoms with Crippen molar-refractivity contribution in [3.8, 4) is 0 Å². The number of amides is 5. The molecule has 1 fully saturated rings. The van der Waals surface area contributed by atoms with Crippen LogP contribution in [0.5, 0.6) is 0 Å². The zero-order valence-corrected chi connectivity index (χ0v) is 22.4. The van der Waals surface area contributed by atoms with Gasteiger partial charge in [0, 0.05) is 42.0 Å². The molecule has 11 heteroatoms. The smallest absolute Gasteiger partial charge is 0.415 e. The Balaban J connectivity index is 1.52. The summed E-state index contributed by atoms with van der Waals surface area (Å²) >= 11 is 6.00. The van der Waals surface area contributed by atoms with E-state index in [0.717, 1.165) is 0 Å². The van der Waals surface area contributed by atoms with Crippen molar-refractivity contribution in [2.75, 3.05) is 23.4 Å². The molecule has 200 valence electrons. The molecule has 2 aromatic rings. The number of hydrogen-bond acceptors (Lipinski definition) is 6. The minimum Gasteiger partial charge on any atom is -0.443 e. The van der Waals surface area contributed by atoms with Crippen molar-refractivity contribution >= 4 is 52.7 Å². The van der Waals surface area contributed by atoms with E-state index < -0.39 is 29.6 Å². The Morgan fingerprint density at radius 3 is 2.37 bits per heavy atom. The van der Waals surface area contributed by atoms with E-state index in [4.69, 9.17) is 16.3 Å². The van der Waals surface area contributed by atoms with E-state index in [-0.39, 0.29) is 37.7 Å². The van der Waals surface area contributed by atoms with Crippen LogP contribution in [0.25, 0.3) is 0 Å². The molecule has 2 heterocycles. The van der Waals surface area contributed by atoms with Gasteiger partial charge in [-0.2, -0.15) is 0 Å². The van der Waals surface area contributed by atoms with Crippen molar-refractivity contribution in [2.45, 2.75) is 51.8 Å².